The smallest absolute Gasteiger partial charge is 0.266 e. The van der Waals surface area contributed by atoms with Crippen LogP contribution in [0.3, 0.4) is 0 Å². The van der Waals surface area contributed by atoms with Crippen molar-refractivity contribution in [3.8, 4) is 0 Å². The number of rotatable bonds is 4. The number of nitrogens with one attached hydrogen (secondary N) is 1. The highest BCUT2D eigenvalue weighted by atomic mass is 35.5. The molecule has 0 saturated heterocycles. The Morgan fingerprint density at radius 3 is 2.75 bits per heavy atom. The third kappa shape index (κ3) is 3.03. The van der Waals surface area contributed by atoms with Crippen LogP contribution in [-0.2, 0) is 16.6 Å². The molecule has 6 nitrogen and oxygen atoms in total. The van der Waals surface area contributed by atoms with Crippen molar-refractivity contribution in [3.63, 3.8) is 0 Å². The van der Waals surface area contributed by atoms with Crippen LogP contribution < -0.4 is 4.72 Å². The molecule has 106 valence electrons. The second-order valence-corrected chi connectivity index (χ2v) is 5.84. The molecular formula is C11H9ClFN3O3S. The van der Waals surface area contributed by atoms with E-state index in [2.05, 4.69) is 14.9 Å². The van der Waals surface area contributed by atoms with E-state index in [1.165, 1.54) is 18.3 Å². The molecule has 1 aromatic heterocycles. The first-order valence-electron chi connectivity index (χ1n) is 5.33. The Morgan fingerprint density at radius 2 is 2.15 bits per heavy atom. The Morgan fingerprint density at radius 1 is 1.40 bits per heavy atom. The zero-order valence-corrected chi connectivity index (χ0v) is 11.5. The van der Waals surface area contributed by atoms with Gasteiger partial charge in [0, 0.05) is 16.8 Å². The number of hydrogen-bond donors (Lipinski definition) is 2. The van der Waals surface area contributed by atoms with Crippen LogP contribution in [0.2, 0.25) is 5.02 Å². The molecule has 0 spiro atoms. The van der Waals surface area contributed by atoms with Crippen molar-refractivity contribution in [2.75, 3.05) is 4.72 Å². The Hall–Kier alpha value is -1.77. The lowest BCUT2D eigenvalue weighted by molar-refractivity contribution is 0.274. The predicted octanol–water partition coefficient (Wildman–Crippen LogP) is 1.56. The number of benzene rings is 1. The molecular weight excluding hydrogens is 309 g/mol. The minimum absolute atomic E-state index is 0.00466. The van der Waals surface area contributed by atoms with Crippen molar-refractivity contribution in [2.24, 2.45) is 0 Å². The monoisotopic (exact) mass is 317 g/mol. The quantitative estimate of drug-likeness (QED) is 0.893. The van der Waals surface area contributed by atoms with Gasteiger partial charge in [0.15, 0.2) is 5.82 Å². The normalized spacial score (nSPS) is 11.3. The Kier molecular flexibility index (Phi) is 4.17. The standard InChI is InChI=1S/C11H9ClFN3O3S/c12-8-4-7(6-17)11(13)9(5-8)20(18,19)16-10-2-1-3-14-15-10/h1-5,17H,6H2,(H,15,16). The molecule has 2 N–H and O–H groups in total. The average molecular weight is 318 g/mol. The first kappa shape index (κ1) is 14.6. The van der Waals surface area contributed by atoms with Gasteiger partial charge in [0.05, 0.1) is 6.61 Å². The second kappa shape index (κ2) is 5.70. The van der Waals surface area contributed by atoms with Crippen molar-refractivity contribution in [1.29, 1.82) is 0 Å². The number of hydrogen-bond acceptors (Lipinski definition) is 5. The van der Waals surface area contributed by atoms with Crippen LogP contribution in [0.5, 0.6) is 0 Å². The summed E-state index contributed by atoms with van der Waals surface area (Å²) in [6, 6.07) is 4.94. The summed E-state index contributed by atoms with van der Waals surface area (Å²) in [6.45, 7) is -0.667. The number of aromatic nitrogens is 2. The molecule has 0 fully saturated rings. The maximum absolute atomic E-state index is 14.0. The van der Waals surface area contributed by atoms with Gasteiger partial charge in [-0.1, -0.05) is 11.6 Å². The first-order chi connectivity index (χ1) is 9.44. The highest BCUT2D eigenvalue weighted by Gasteiger charge is 2.23. The van der Waals surface area contributed by atoms with Crippen LogP contribution in [0.25, 0.3) is 0 Å². The van der Waals surface area contributed by atoms with E-state index in [9.17, 15) is 12.8 Å². The van der Waals surface area contributed by atoms with Crippen LogP contribution in [0.1, 0.15) is 5.56 Å². The van der Waals surface area contributed by atoms with Crippen LogP contribution in [0, 0.1) is 5.82 Å². The van der Waals surface area contributed by atoms with Gasteiger partial charge in [0.2, 0.25) is 0 Å². The molecule has 0 aliphatic carbocycles. The fourth-order valence-electron chi connectivity index (χ4n) is 1.48. The van der Waals surface area contributed by atoms with Crippen molar-refractivity contribution in [2.45, 2.75) is 11.5 Å². The molecule has 0 aliphatic heterocycles. The number of halogens is 2. The third-order valence-electron chi connectivity index (χ3n) is 2.35. The highest BCUT2D eigenvalue weighted by molar-refractivity contribution is 7.92. The fraction of sp³-hybridized carbons (Fsp3) is 0.0909. The lowest BCUT2D eigenvalue weighted by Gasteiger charge is -2.10. The molecule has 0 saturated carbocycles. The number of anilines is 1. The summed E-state index contributed by atoms with van der Waals surface area (Å²) in [6.07, 6.45) is 1.36. The maximum Gasteiger partial charge on any atom is 0.266 e. The summed E-state index contributed by atoms with van der Waals surface area (Å²) in [5.41, 5.74) is -0.211. The minimum Gasteiger partial charge on any atom is -0.392 e. The van der Waals surface area contributed by atoms with E-state index < -0.39 is 27.3 Å². The zero-order chi connectivity index (χ0) is 14.8. The van der Waals surface area contributed by atoms with Crippen molar-refractivity contribution >= 4 is 27.4 Å². The minimum atomic E-state index is -4.22. The zero-order valence-electron chi connectivity index (χ0n) is 9.92. The van der Waals surface area contributed by atoms with Gasteiger partial charge in [0.25, 0.3) is 10.0 Å². The van der Waals surface area contributed by atoms with Gasteiger partial charge in [-0.05, 0) is 24.3 Å². The SMILES string of the molecule is O=S(=O)(Nc1cccnn1)c1cc(Cl)cc(CO)c1F. The lowest BCUT2D eigenvalue weighted by atomic mass is 10.2. The molecule has 20 heavy (non-hydrogen) atoms. The molecule has 2 rings (SSSR count). The molecule has 1 aromatic carbocycles. The maximum atomic E-state index is 14.0. The number of aliphatic hydroxyl groups is 1. The topological polar surface area (TPSA) is 92.2 Å². The van der Waals surface area contributed by atoms with Gasteiger partial charge in [-0.25, -0.2) is 12.8 Å². The van der Waals surface area contributed by atoms with Gasteiger partial charge in [-0.3, -0.25) is 4.72 Å². The van der Waals surface area contributed by atoms with Crippen molar-refractivity contribution < 1.29 is 17.9 Å². The summed E-state index contributed by atoms with van der Waals surface area (Å²) in [4.78, 5) is -0.667. The number of nitrogens with zero attached hydrogens (tertiary/aromatic N) is 2. The molecule has 2 aromatic rings. The van der Waals surface area contributed by atoms with E-state index in [4.69, 9.17) is 16.7 Å². The molecule has 9 heteroatoms. The van der Waals surface area contributed by atoms with Gasteiger partial charge < -0.3 is 5.11 Å². The Labute approximate surface area is 119 Å². The van der Waals surface area contributed by atoms with Gasteiger partial charge in [-0.15, -0.1) is 5.10 Å². The van der Waals surface area contributed by atoms with Crippen molar-refractivity contribution in [3.05, 3.63) is 46.9 Å². The molecule has 0 atom stereocenters. The van der Waals surface area contributed by atoms with Crippen LogP contribution in [-0.4, -0.2) is 23.7 Å². The summed E-state index contributed by atoms with van der Waals surface area (Å²) >= 11 is 5.71. The van der Waals surface area contributed by atoms with E-state index in [-0.39, 0.29) is 16.4 Å². The van der Waals surface area contributed by atoms with Crippen LogP contribution in [0.15, 0.2) is 35.4 Å². The van der Waals surface area contributed by atoms with E-state index in [0.29, 0.717) is 0 Å². The number of aliphatic hydroxyl groups excluding tert-OH is 1. The van der Waals surface area contributed by atoms with Crippen LogP contribution in [0.4, 0.5) is 10.2 Å². The first-order valence-corrected chi connectivity index (χ1v) is 7.19. The third-order valence-corrected chi connectivity index (χ3v) is 3.92. The summed E-state index contributed by atoms with van der Waals surface area (Å²) in [5, 5.41) is 16.0. The predicted molar refractivity (Wildman–Crippen MR) is 70.2 cm³/mol. The lowest BCUT2D eigenvalue weighted by Crippen LogP contribution is -2.16. The summed E-state index contributed by atoms with van der Waals surface area (Å²) in [7, 11) is -4.22. The fourth-order valence-corrected chi connectivity index (χ4v) is 2.93. The summed E-state index contributed by atoms with van der Waals surface area (Å²) in [5.74, 6) is -1.12. The molecule has 0 bridgehead atoms. The largest absolute Gasteiger partial charge is 0.392 e. The second-order valence-electron chi connectivity index (χ2n) is 3.75. The van der Waals surface area contributed by atoms with Gasteiger partial charge in [0.1, 0.15) is 10.7 Å². The van der Waals surface area contributed by atoms with E-state index in [0.717, 1.165) is 12.1 Å². The highest BCUT2D eigenvalue weighted by Crippen LogP contribution is 2.25. The molecule has 1 heterocycles. The van der Waals surface area contributed by atoms with Gasteiger partial charge >= 0.3 is 0 Å². The Bertz CT molecular complexity index is 725. The molecule has 0 aliphatic rings. The molecule has 0 amide bonds. The van der Waals surface area contributed by atoms with Crippen molar-refractivity contribution in [1.82, 2.24) is 10.2 Å². The van der Waals surface area contributed by atoms with E-state index >= 15 is 0 Å². The van der Waals surface area contributed by atoms with E-state index in [1.807, 2.05) is 0 Å². The van der Waals surface area contributed by atoms with Gasteiger partial charge in [-0.2, -0.15) is 5.10 Å². The molecule has 0 unspecified atom stereocenters. The summed E-state index contributed by atoms with van der Waals surface area (Å²) < 4.78 is 40.2. The average Bonchev–Trinajstić information content (AvgIpc) is 2.41. The Balaban J connectivity index is 2.47. The molecule has 0 radical (unpaired) electrons. The van der Waals surface area contributed by atoms with E-state index in [1.54, 1.807) is 0 Å². The number of sulfonamides is 1. The van der Waals surface area contributed by atoms with Crippen LogP contribution >= 0.6 is 11.6 Å².